The summed E-state index contributed by atoms with van der Waals surface area (Å²) in [6.45, 7) is 6.13. The van der Waals surface area contributed by atoms with Crippen LogP contribution < -0.4 is 11.1 Å². The van der Waals surface area contributed by atoms with Crippen molar-refractivity contribution in [3.05, 3.63) is 0 Å². The van der Waals surface area contributed by atoms with E-state index < -0.39 is 17.4 Å². The van der Waals surface area contributed by atoms with Crippen LogP contribution in [0.1, 0.15) is 52.9 Å². The van der Waals surface area contributed by atoms with Crippen molar-refractivity contribution in [2.45, 2.75) is 58.4 Å². The smallest absolute Gasteiger partial charge is 0.308 e. The van der Waals surface area contributed by atoms with E-state index in [4.69, 9.17) is 5.73 Å². The predicted molar refractivity (Wildman–Crippen MR) is 73.6 cm³/mol. The number of carboxylic acids is 1. The number of carboxylic acid groups (broad SMARTS) is 1. The molecule has 0 aromatic heterocycles. The first-order valence-electron chi connectivity index (χ1n) is 6.94. The van der Waals surface area contributed by atoms with Crippen molar-refractivity contribution in [2.24, 2.45) is 17.1 Å². The molecular formula is C14H26N2O3. The van der Waals surface area contributed by atoms with Crippen molar-refractivity contribution < 1.29 is 14.7 Å². The molecule has 1 amide bonds. The Kier molecular flexibility index (Phi) is 4.96. The van der Waals surface area contributed by atoms with Gasteiger partial charge in [0.1, 0.15) is 0 Å². The molecule has 0 radical (unpaired) electrons. The molecule has 1 saturated carbocycles. The third-order valence-corrected chi connectivity index (χ3v) is 3.67. The van der Waals surface area contributed by atoms with Crippen molar-refractivity contribution >= 4 is 11.9 Å². The predicted octanol–water partition coefficient (Wildman–Crippen LogP) is 1.51. The summed E-state index contributed by atoms with van der Waals surface area (Å²) in [7, 11) is 0. The number of amides is 1. The second-order valence-electron chi connectivity index (χ2n) is 6.87. The van der Waals surface area contributed by atoms with Gasteiger partial charge < -0.3 is 16.2 Å². The number of carbonyl (C=O) groups excluding carboxylic acids is 1. The van der Waals surface area contributed by atoms with Gasteiger partial charge in [0.2, 0.25) is 5.91 Å². The third-order valence-electron chi connectivity index (χ3n) is 3.67. The summed E-state index contributed by atoms with van der Waals surface area (Å²) in [6, 6.07) is 0. The second-order valence-corrected chi connectivity index (χ2v) is 6.87. The van der Waals surface area contributed by atoms with Crippen LogP contribution in [0.15, 0.2) is 0 Å². The van der Waals surface area contributed by atoms with Crippen LogP contribution in [0.5, 0.6) is 0 Å². The Morgan fingerprint density at radius 3 is 2.26 bits per heavy atom. The largest absolute Gasteiger partial charge is 0.481 e. The summed E-state index contributed by atoms with van der Waals surface area (Å²) >= 11 is 0. The first kappa shape index (κ1) is 16.0. The first-order chi connectivity index (χ1) is 8.64. The van der Waals surface area contributed by atoms with Gasteiger partial charge in [-0.15, -0.1) is 0 Å². The standard InChI is InChI=1S/C14H26N2O3/c1-13(2,3)8-10(11(17)18)9-16-12(19)14(15)6-4-5-7-14/h10H,4-9,15H2,1-3H3,(H,16,19)(H,17,18). The van der Waals surface area contributed by atoms with Gasteiger partial charge in [-0.3, -0.25) is 9.59 Å². The van der Waals surface area contributed by atoms with Crippen LogP contribution in [0.25, 0.3) is 0 Å². The summed E-state index contributed by atoms with van der Waals surface area (Å²) in [5, 5.41) is 11.9. The maximum absolute atomic E-state index is 12.0. The van der Waals surface area contributed by atoms with Gasteiger partial charge in [0.25, 0.3) is 0 Å². The van der Waals surface area contributed by atoms with Crippen LogP contribution in [0.2, 0.25) is 0 Å². The molecule has 0 saturated heterocycles. The maximum atomic E-state index is 12.0. The average Bonchev–Trinajstić information content (AvgIpc) is 2.70. The van der Waals surface area contributed by atoms with Gasteiger partial charge in [0, 0.05) is 6.54 Å². The van der Waals surface area contributed by atoms with E-state index in [1.807, 2.05) is 20.8 Å². The minimum atomic E-state index is -0.868. The molecule has 0 aliphatic heterocycles. The van der Waals surface area contributed by atoms with E-state index in [1.54, 1.807) is 0 Å². The molecule has 4 N–H and O–H groups in total. The summed E-state index contributed by atoms with van der Waals surface area (Å²) < 4.78 is 0. The lowest BCUT2D eigenvalue weighted by atomic mass is 9.84. The number of nitrogens with one attached hydrogen (secondary N) is 1. The molecule has 1 aliphatic carbocycles. The van der Waals surface area contributed by atoms with Crippen LogP contribution in [0.3, 0.4) is 0 Å². The highest BCUT2D eigenvalue weighted by atomic mass is 16.4. The zero-order valence-electron chi connectivity index (χ0n) is 12.2. The maximum Gasteiger partial charge on any atom is 0.308 e. The van der Waals surface area contributed by atoms with Crippen molar-refractivity contribution in [3.8, 4) is 0 Å². The Labute approximate surface area is 114 Å². The molecule has 0 spiro atoms. The molecule has 0 bridgehead atoms. The number of hydrogen-bond acceptors (Lipinski definition) is 3. The Bertz CT molecular complexity index is 341. The van der Waals surface area contributed by atoms with Crippen molar-refractivity contribution in [2.75, 3.05) is 6.54 Å². The Balaban J connectivity index is 2.52. The van der Waals surface area contributed by atoms with E-state index in [-0.39, 0.29) is 17.9 Å². The molecule has 0 aromatic carbocycles. The molecule has 1 unspecified atom stereocenters. The lowest BCUT2D eigenvalue weighted by molar-refractivity contribution is -0.142. The molecule has 1 fully saturated rings. The number of nitrogens with two attached hydrogens (primary N) is 1. The van der Waals surface area contributed by atoms with Gasteiger partial charge in [0.15, 0.2) is 0 Å². The summed E-state index contributed by atoms with van der Waals surface area (Å²) in [5.41, 5.74) is 5.16. The van der Waals surface area contributed by atoms with Gasteiger partial charge in [-0.25, -0.2) is 0 Å². The number of aliphatic carboxylic acids is 1. The molecule has 5 nitrogen and oxygen atoms in total. The van der Waals surface area contributed by atoms with Gasteiger partial charge in [-0.05, 0) is 24.7 Å². The lowest BCUT2D eigenvalue weighted by Gasteiger charge is -2.26. The van der Waals surface area contributed by atoms with E-state index in [9.17, 15) is 14.7 Å². The Hall–Kier alpha value is -1.10. The highest BCUT2D eigenvalue weighted by molar-refractivity contribution is 5.86. The third kappa shape index (κ3) is 4.82. The quantitative estimate of drug-likeness (QED) is 0.706. The van der Waals surface area contributed by atoms with Crippen LogP contribution >= 0.6 is 0 Å². The zero-order chi connectivity index (χ0) is 14.7. The van der Waals surface area contributed by atoms with E-state index in [1.165, 1.54) is 0 Å². The molecule has 0 aromatic rings. The van der Waals surface area contributed by atoms with Gasteiger partial charge in [0.05, 0.1) is 11.5 Å². The molecule has 1 rings (SSSR count). The molecule has 110 valence electrons. The fraction of sp³-hybridized carbons (Fsp3) is 0.857. The second kappa shape index (κ2) is 5.90. The Morgan fingerprint density at radius 1 is 1.32 bits per heavy atom. The Morgan fingerprint density at radius 2 is 1.84 bits per heavy atom. The zero-order valence-corrected chi connectivity index (χ0v) is 12.2. The highest BCUT2D eigenvalue weighted by Gasteiger charge is 2.37. The summed E-state index contributed by atoms with van der Waals surface area (Å²) in [6.07, 6.45) is 3.84. The van der Waals surface area contributed by atoms with Gasteiger partial charge in [-0.1, -0.05) is 33.6 Å². The minimum absolute atomic E-state index is 0.0818. The van der Waals surface area contributed by atoms with Crippen molar-refractivity contribution in [1.82, 2.24) is 5.32 Å². The van der Waals surface area contributed by atoms with Gasteiger partial charge >= 0.3 is 5.97 Å². The molecule has 0 heterocycles. The highest BCUT2D eigenvalue weighted by Crippen LogP contribution is 2.28. The monoisotopic (exact) mass is 270 g/mol. The number of carbonyl (C=O) groups is 2. The first-order valence-corrected chi connectivity index (χ1v) is 6.94. The topological polar surface area (TPSA) is 92.4 Å². The van der Waals surface area contributed by atoms with Crippen LogP contribution in [-0.4, -0.2) is 29.1 Å². The average molecular weight is 270 g/mol. The fourth-order valence-electron chi connectivity index (χ4n) is 2.61. The summed E-state index contributed by atoms with van der Waals surface area (Å²) in [5.74, 6) is -1.63. The molecule has 19 heavy (non-hydrogen) atoms. The van der Waals surface area contributed by atoms with Crippen LogP contribution in [0.4, 0.5) is 0 Å². The van der Waals surface area contributed by atoms with Gasteiger partial charge in [-0.2, -0.15) is 0 Å². The van der Waals surface area contributed by atoms with E-state index in [0.717, 1.165) is 12.8 Å². The van der Waals surface area contributed by atoms with Crippen LogP contribution in [-0.2, 0) is 9.59 Å². The normalized spacial score (nSPS) is 20.0. The fourth-order valence-corrected chi connectivity index (χ4v) is 2.61. The van der Waals surface area contributed by atoms with E-state index >= 15 is 0 Å². The SMILES string of the molecule is CC(C)(C)CC(CNC(=O)C1(N)CCCC1)C(=O)O. The van der Waals surface area contributed by atoms with E-state index in [0.29, 0.717) is 19.3 Å². The van der Waals surface area contributed by atoms with Crippen molar-refractivity contribution in [1.29, 1.82) is 0 Å². The minimum Gasteiger partial charge on any atom is -0.481 e. The van der Waals surface area contributed by atoms with Crippen molar-refractivity contribution in [3.63, 3.8) is 0 Å². The molecule has 1 aliphatic rings. The van der Waals surface area contributed by atoms with E-state index in [2.05, 4.69) is 5.32 Å². The lowest BCUT2D eigenvalue weighted by Crippen LogP contribution is -2.53. The number of hydrogen-bond donors (Lipinski definition) is 3. The molecular weight excluding hydrogens is 244 g/mol. The molecule has 1 atom stereocenters. The van der Waals surface area contributed by atoms with Crippen LogP contribution in [0, 0.1) is 11.3 Å². The number of rotatable bonds is 5. The molecule has 5 heteroatoms. The summed E-state index contributed by atoms with van der Waals surface area (Å²) in [4.78, 5) is 23.2.